The lowest BCUT2D eigenvalue weighted by molar-refractivity contribution is 0.248. The Kier molecular flexibility index (Phi) is 4.15. The second-order valence-corrected chi connectivity index (χ2v) is 4.55. The summed E-state index contributed by atoms with van der Waals surface area (Å²) in [7, 11) is 0. The lowest BCUT2D eigenvalue weighted by Crippen LogP contribution is -2.36. The minimum atomic E-state index is -0.392. The third-order valence-electron chi connectivity index (χ3n) is 3.26. The standard InChI is InChI=1S/C13H18FN3O/c14-11-6-3-7-12(10(11)8-15)17-13(18)16-9-4-1-2-5-9/h3,6-7,9H,1-2,4-5,8,15H2,(H2,16,17,18). The van der Waals surface area contributed by atoms with Crippen molar-refractivity contribution in [1.29, 1.82) is 0 Å². The van der Waals surface area contributed by atoms with Crippen LogP contribution in [-0.2, 0) is 6.54 Å². The molecule has 0 spiro atoms. The molecular formula is C13H18FN3O. The van der Waals surface area contributed by atoms with E-state index in [1.165, 1.54) is 6.07 Å². The van der Waals surface area contributed by atoms with Gasteiger partial charge in [-0.1, -0.05) is 18.9 Å². The zero-order valence-electron chi connectivity index (χ0n) is 10.2. The van der Waals surface area contributed by atoms with E-state index in [1.54, 1.807) is 12.1 Å². The molecule has 0 radical (unpaired) electrons. The van der Waals surface area contributed by atoms with E-state index in [0.717, 1.165) is 25.7 Å². The summed E-state index contributed by atoms with van der Waals surface area (Å²) in [6.45, 7) is 0.0612. The van der Waals surface area contributed by atoms with E-state index in [9.17, 15) is 9.18 Å². The van der Waals surface area contributed by atoms with Gasteiger partial charge in [-0.05, 0) is 25.0 Å². The van der Waals surface area contributed by atoms with Gasteiger partial charge in [-0.25, -0.2) is 9.18 Å². The number of urea groups is 1. The number of halogens is 1. The molecule has 5 heteroatoms. The van der Waals surface area contributed by atoms with Crippen molar-refractivity contribution >= 4 is 11.7 Å². The minimum absolute atomic E-state index is 0.0612. The molecule has 0 saturated heterocycles. The zero-order valence-corrected chi connectivity index (χ0v) is 10.2. The van der Waals surface area contributed by atoms with Crippen molar-refractivity contribution in [1.82, 2.24) is 5.32 Å². The largest absolute Gasteiger partial charge is 0.335 e. The van der Waals surface area contributed by atoms with Crippen molar-refractivity contribution in [2.24, 2.45) is 5.73 Å². The number of carbonyl (C=O) groups is 1. The first kappa shape index (κ1) is 12.8. The van der Waals surface area contributed by atoms with Gasteiger partial charge >= 0.3 is 6.03 Å². The minimum Gasteiger partial charge on any atom is -0.335 e. The van der Waals surface area contributed by atoms with Gasteiger partial charge in [0, 0.05) is 23.8 Å². The molecule has 2 rings (SSSR count). The predicted molar refractivity (Wildman–Crippen MR) is 68.7 cm³/mol. The van der Waals surface area contributed by atoms with Crippen molar-refractivity contribution in [3.63, 3.8) is 0 Å². The van der Waals surface area contributed by atoms with Gasteiger partial charge in [-0.15, -0.1) is 0 Å². The normalized spacial score (nSPS) is 15.7. The Hall–Kier alpha value is -1.62. The van der Waals surface area contributed by atoms with Gasteiger partial charge in [0.2, 0.25) is 0 Å². The van der Waals surface area contributed by atoms with Crippen molar-refractivity contribution < 1.29 is 9.18 Å². The zero-order chi connectivity index (χ0) is 13.0. The molecule has 4 nitrogen and oxygen atoms in total. The first-order valence-corrected chi connectivity index (χ1v) is 6.25. The van der Waals surface area contributed by atoms with E-state index in [0.29, 0.717) is 11.3 Å². The van der Waals surface area contributed by atoms with E-state index in [1.807, 2.05) is 0 Å². The number of anilines is 1. The Labute approximate surface area is 106 Å². The molecule has 1 fully saturated rings. The highest BCUT2D eigenvalue weighted by molar-refractivity contribution is 5.90. The van der Waals surface area contributed by atoms with Gasteiger partial charge in [-0.3, -0.25) is 0 Å². The number of nitrogens with one attached hydrogen (secondary N) is 2. The average Bonchev–Trinajstić information content (AvgIpc) is 2.82. The Balaban J connectivity index is 2.00. The molecule has 1 aliphatic rings. The van der Waals surface area contributed by atoms with Crippen LogP contribution >= 0.6 is 0 Å². The van der Waals surface area contributed by atoms with E-state index in [4.69, 9.17) is 5.73 Å². The summed E-state index contributed by atoms with van der Waals surface area (Å²) < 4.78 is 13.5. The highest BCUT2D eigenvalue weighted by Crippen LogP contribution is 2.20. The van der Waals surface area contributed by atoms with Crippen LogP contribution in [0.4, 0.5) is 14.9 Å². The monoisotopic (exact) mass is 251 g/mol. The summed E-state index contributed by atoms with van der Waals surface area (Å²) in [6.07, 6.45) is 4.33. The van der Waals surface area contributed by atoms with Gasteiger partial charge < -0.3 is 16.4 Å². The molecule has 98 valence electrons. The average molecular weight is 251 g/mol. The number of nitrogens with two attached hydrogens (primary N) is 1. The van der Waals surface area contributed by atoms with Gasteiger partial charge in [0.05, 0.1) is 0 Å². The Morgan fingerprint density at radius 3 is 2.78 bits per heavy atom. The van der Waals surface area contributed by atoms with Crippen LogP contribution in [-0.4, -0.2) is 12.1 Å². The van der Waals surface area contributed by atoms with Gasteiger partial charge in [0.15, 0.2) is 0 Å². The molecule has 4 N–H and O–H groups in total. The van der Waals surface area contributed by atoms with Crippen LogP contribution in [0.5, 0.6) is 0 Å². The first-order chi connectivity index (χ1) is 8.70. The fourth-order valence-corrected chi connectivity index (χ4v) is 2.30. The van der Waals surface area contributed by atoms with Gasteiger partial charge in [0.25, 0.3) is 0 Å². The third-order valence-corrected chi connectivity index (χ3v) is 3.26. The number of hydrogen-bond acceptors (Lipinski definition) is 2. The maximum Gasteiger partial charge on any atom is 0.319 e. The summed E-state index contributed by atoms with van der Waals surface area (Å²) in [5.41, 5.74) is 6.25. The van der Waals surface area contributed by atoms with Crippen LogP contribution in [0.25, 0.3) is 0 Å². The van der Waals surface area contributed by atoms with Crippen molar-refractivity contribution in [2.75, 3.05) is 5.32 Å². The number of rotatable bonds is 3. The molecule has 0 heterocycles. The van der Waals surface area contributed by atoms with E-state index >= 15 is 0 Å². The Morgan fingerprint density at radius 2 is 2.11 bits per heavy atom. The van der Waals surface area contributed by atoms with Gasteiger partial charge in [-0.2, -0.15) is 0 Å². The number of benzene rings is 1. The fourth-order valence-electron chi connectivity index (χ4n) is 2.30. The molecule has 0 aromatic heterocycles. The molecule has 1 aromatic carbocycles. The van der Waals surface area contributed by atoms with Crippen molar-refractivity contribution in [2.45, 2.75) is 38.3 Å². The van der Waals surface area contributed by atoms with Crippen molar-refractivity contribution in [3.05, 3.63) is 29.6 Å². The number of carbonyl (C=O) groups excluding carboxylic acids is 1. The second-order valence-electron chi connectivity index (χ2n) is 4.55. The quantitative estimate of drug-likeness (QED) is 0.772. The van der Waals surface area contributed by atoms with Crippen molar-refractivity contribution in [3.8, 4) is 0 Å². The smallest absolute Gasteiger partial charge is 0.319 e. The molecule has 18 heavy (non-hydrogen) atoms. The highest BCUT2D eigenvalue weighted by atomic mass is 19.1. The molecule has 0 atom stereocenters. The van der Waals surface area contributed by atoms with Crippen LogP contribution < -0.4 is 16.4 Å². The maximum atomic E-state index is 13.5. The van der Waals surface area contributed by atoms with Crippen LogP contribution in [0.1, 0.15) is 31.2 Å². The molecular weight excluding hydrogens is 233 g/mol. The van der Waals surface area contributed by atoms with Crippen LogP contribution in [0.3, 0.4) is 0 Å². The lowest BCUT2D eigenvalue weighted by atomic mass is 10.1. The molecule has 0 bridgehead atoms. The van der Waals surface area contributed by atoms with E-state index in [-0.39, 0.29) is 18.6 Å². The summed E-state index contributed by atoms with van der Waals surface area (Å²) >= 11 is 0. The summed E-state index contributed by atoms with van der Waals surface area (Å²) in [5, 5.41) is 5.54. The van der Waals surface area contributed by atoms with Crippen LogP contribution in [0.15, 0.2) is 18.2 Å². The Bertz CT molecular complexity index is 430. The summed E-state index contributed by atoms with van der Waals surface area (Å²) in [6, 6.07) is 4.49. The lowest BCUT2D eigenvalue weighted by Gasteiger charge is -2.15. The van der Waals surface area contributed by atoms with Crippen LogP contribution in [0, 0.1) is 5.82 Å². The molecule has 1 saturated carbocycles. The molecule has 0 unspecified atom stereocenters. The van der Waals surface area contributed by atoms with Gasteiger partial charge in [0.1, 0.15) is 5.82 Å². The third kappa shape index (κ3) is 2.98. The topological polar surface area (TPSA) is 67.1 Å². The Morgan fingerprint density at radius 1 is 1.39 bits per heavy atom. The fraction of sp³-hybridized carbons (Fsp3) is 0.462. The van der Waals surface area contributed by atoms with E-state index in [2.05, 4.69) is 10.6 Å². The summed E-state index contributed by atoms with van der Waals surface area (Å²) in [4.78, 5) is 11.8. The first-order valence-electron chi connectivity index (χ1n) is 6.25. The molecule has 0 aliphatic heterocycles. The number of hydrogen-bond donors (Lipinski definition) is 3. The molecule has 1 aliphatic carbocycles. The summed E-state index contributed by atoms with van der Waals surface area (Å²) in [5.74, 6) is -0.392. The second kappa shape index (κ2) is 5.82. The SMILES string of the molecule is NCc1c(F)cccc1NC(=O)NC1CCCC1. The predicted octanol–water partition coefficient (Wildman–Crippen LogP) is 2.35. The van der Waals surface area contributed by atoms with E-state index < -0.39 is 5.82 Å². The maximum absolute atomic E-state index is 13.5. The number of amides is 2. The molecule has 2 amide bonds. The molecule has 1 aromatic rings. The highest BCUT2D eigenvalue weighted by Gasteiger charge is 2.17. The van der Waals surface area contributed by atoms with Crippen LogP contribution in [0.2, 0.25) is 0 Å².